The highest BCUT2D eigenvalue weighted by Gasteiger charge is 2.28. The van der Waals surface area contributed by atoms with Crippen LogP contribution in [0.5, 0.6) is 0 Å². The van der Waals surface area contributed by atoms with E-state index in [1.54, 1.807) is 18.3 Å². The molecule has 1 heterocycles. The van der Waals surface area contributed by atoms with E-state index < -0.39 is 11.8 Å². The Bertz CT molecular complexity index is 703. The third kappa shape index (κ3) is 4.89. The molecule has 5 heteroatoms. The second-order valence-corrected chi connectivity index (χ2v) is 6.51. The molecule has 0 aliphatic heterocycles. The van der Waals surface area contributed by atoms with Crippen molar-refractivity contribution in [3.63, 3.8) is 0 Å². The summed E-state index contributed by atoms with van der Waals surface area (Å²) in [4.78, 5) is 28.3. The SMILES string of the molecule is O=C(Nc1cccnc1)C(=O)NC1CCCCC1Cc1ccccc1. The van der Waals surface area contributed by atoms with Crippen molar-refractivity contribution in [1.82, 2.24) is 10.3 Å². The van der Waals surface area contributed by atoms with E-state index in [1.807, 2.05) is 18.2 Å². The molecule has 2 aromatic rings. The lowest BCUT2D eigenvalue weighted by Crippen LogP contribution is -2.47. The summed E-state index contributed by atoms with van der Waals surface area (Å²) in [5.41, 5.74) is 1.79. The minimum atomic E-state index is -0.642. The number of rotatable bonds is 4. The van der Waals surface area contributed by atoms with E-state index in [9.17, 15) is 9.59 Å². The van der Waals surface area contributed by atoms with Crippen LogP contribution in [0.1, 0.15) is 31.2 Å². The summed E-state index contributed by atoms with van der Waals surface area (Å²) in [6.07, 6.45) is 8.31. The standard InChI is InChI=1S/C20H23N3O2/c24-19(22-17-10-6-12-21-14-17)20(25)23-18-11-5-4-9-16(18)13-15-7-2-1-3-8-15/h1-3,6-8,10,12,14,16,18H,4-5,9,11,13H2,(H,22,24)(H,23,25). The van der Waals surface area contributed by atoms with Crippen LogP contribution in [0.4, 0.5) is 5.69 Å². The van der Waals surface area contributed by atoms with Crippen molar-refractivity contribution in [1.29, 1.82) is 0 Å². The van der Waals surface area contributed by atoms with Crippen molar-refractivity contribution in [3.05, 3.63) is 60.4 Å². The Kier molecular flexibility index (Phi) is 5.77. The van der Waals surface area contributed by atoms with Crippen molar-refractivity contribution in [2.24, 2.45) is 5.92 Å². The van der Waals surface area contributed by atoms with Crippen LogP contribution in [0.25, 0.3) is 0 Å². The summed E-state index contributed by atoms with van der Waals surface area (Å²) >= 11 is 0. The van der Waals surface area contributed by atoms with Crippen LogP contribution in [0.3, 0.4) is 0 Å². The molecule has 1 aliphatic carbocycles. The molecule has 1 fully saturated rings. The van der Waals surface area contributed by atoms with Crippen molar-refractivity contribution < 1.29 is 9.59 Å². The number of nitrogens with one attached hydrogen (secondary N) is 2. The molecular formula is C20H23N3O2. The first kappa shape index (κ1) is 17.1. The van der Waals surface area contributed by atoms with Gasteiger partial charge in [0.15, 0.2) is 0 Å². The minimum absolute atomic E-state index is 0.0427. The van der Waals surface area contributed by atoms with Gasteiger partial charge in [-0.3, -0.25) is 14.6 Å². The summed E-state index contributed by atoms with van der Waals surface area (Å²) in [5.74, 6) is -0.850. The van der Waals surface area contributed by atoms with Crippen LogP contribution in [0.2, 0.25) is 0 Å². The van der Waals surface area contributed by atoms with Gasteiger partial charge >= 0.3 is 11.8 Å². The van der Waals surface area contributed by atoms with Gasteiger partial charge in [0.05, 0.1) is 11.9 Å². The molecule has 0 spiro atoms. The zero-order valence-corrected chi connectivity index (χ0v) is 14.2. The maximum atomic E-state index is 12.3. The number of benzene rings is 1. The Labute approximate surface area is 147 Å². The number of hydrogen-bond donors (Lipinski definition) is 2. The third-order valence-corrected chi connectivity index (χ3v) is 4.69. The molecular weight excluding hydrogens is 314 g/mol. The topological polar surface area (TPSA) is 71.1 Å². The molecule has 2 unspecified atom stereocenters. The molecule has 1 aromatic heterocycles. The first-order valence-electron chi connectivity index (χ1n) is 8.78. The van der Waals surface area contributed by atoms with E-state index in [2.05, 4.69) is 27.8 Å². The van der Waals surface area contributed by atoms with E-state index in [1.165, 1.54) is 18.2 Å². The number of amides is 2. The van der Waals surface area contributed by atoms with Gasteiger partial charge in [0.1, 0.15) is 0 Å². The average Bonchev–Trinajstić information content (AvgIpc) is 2.65. The van der Waals surface area contributed by atoms with Gasteiger partial charge in [-0.2, -0.15) is 0 Å². The number of aromatic nitrogens is 1. The number of carbonyl (C=O) groups excluding carboxylic acids is 2. The van der Waals surface area contributed by atoms with Gasteiger partial charge in [-0.25, -0.2) is 0 Å². The Balaban J connectivity index is 1.59. The second kappa shape index (κ2) is 8.42. The quantitative estimate of drug-likeness (QED) is 0.843. The lowest BCUT2D eigenvalue weighted by atomic mass is 9.80. The van der Waals surface area contributed by atoms with E-state index in [-0.39, 0.29) is 6.04 Å². The van der Waals surface area contributed by atoms with Crippen LogP contribution in [-0.2, 0) is 16.0 Å². The van der Waals surface area contributed by atoms with Gasteiger partial charge in [-0.15, -0.1) is 0 Å². The number of hydrogen-bond acceptors (Lipinski definition) is 3. The van der Waals surface area contributed by atoms with E-state index in [0.717, 1.165) is 25.7 Å². The predicted molar refractivity (Wildman–Crippen MR) is 96.9 cm³/mol. The first-order chi connectivity index (χ1) is 12.2. The van der Waals surface area contributed by atoms with Gasteiger partial charge in [-0.1, -0.05) is 43.2 Å². The van der Waals surface area contributed by atoms with Crippen LogP contribution in [0, 0.1) is 5.92 Å². The Morgan fingerprint density at radius 2 is 1.80 bits per heavy atom. The highest BCUT2D eigenvalue weighted by atomic mass is 16.2. The number of carbonyl (C=O) groups is 2. The maximum absolute atomic E-state index is 12.3. The maximum Gasteiger partial charge on any atom is 0.313 e. The summed E-state index contributed by atoms with van der Waals surface area (Å²) in [5, 5.41) is 5.52. The molecule has 2 amide bonds. The molecule has 0 bridgehead atoms. The first-order valence-corrected chi connectivity index (χ1v) is 8.78. The average molecular weight is 337 g/mol. The highest BCUT2D eigenvalue weighted by molar-refractivity contribution is 6.39. The fourth-order valence-electron chi connectivity index (χ4n) is 3.42. The monoisotopic (exact) mass is 337 g/mol. The van der Waals surface area contributed by atoms with Gasteiger partial charge in [0.2, 0.25) is 0 Å². The van der Waals surface area contributed by atoms with Gasteiger partial charge < -0.3 is 10.6 Å². The van der Waals surface area contributed by atoms with E-state index in [4.69, 9.17) is 0 Å². The number of anilines is 1. The predicted octanol–water partition coefficient (Wildman–Crippen LogP) is 2.94. The lowest BCUT2D eigenvalue weighted by Gasteiger charge is -2.32. The molecule has 1 saturated carbocycles. The summed E-state index contributed by atoms with van der Waals surface area (Å²) in [6.45, 7) is 0. The third-order valence-electron chi connectivity index (χ3n) is 4.69. The summed E-state index contributed by atoms with van der Waals surface area (Å²) < 4.78 is 0. The smallest absolute Gasteiger partial charge is 0.313 e. The van der Waals surface area contributed by atoms with Crippen LogP contribution in [-0.4, -0.2) is 22.8 Å². The van der Waals surface area contributed by atoms with Crippen molar-refractivity contribution >= 4 is 17.5 Å². The number of pyridine rings is 1. The molecule has 5 nitrogen and oxygen atoms in total. The highest BCUT2D eigenvalue weighted by Crippen LogP contribution is 2.27. The van der Waals surface area contributed by atoms with Gasteiger partial charge in [-0.05, 0) is 42.9 Å². The normalized spacial score (nSPS) is 19.8. The van der Waals surface area contributed by atoms with Crippen molar-refractivity contribution in [3.8, 4) is 0 Å². The summed E-state index contributed by atoms with van der Waals surface area (Å²) in [6, 6.07) is 13.8. The van der Waals surface area contributed by atoms with Crippen molar-refractivity contribution in [2.45, 2.75) is 38.1 Å². The minimum Gasteiger partial charge on any atom is -0.345 e. The van der Waals surface area contributed by atoms with E-state index >= 15 is 0 Å². The van der Waals surface area contributed by atoms with Gasteiger partial charge in [0, 0.05) is 12.2 Å². The van der Waals surface area contributed by atoms with Gasteiger partial charge in [0.25, 0.3) is 0 Å². The molecule has 0 radical (unpaired) electrons. The molecule has 2 atom stereocenters. The Morgan fingerprint density at radius 3 is 2.56 bits per heavy atom. The molecule has 130 valence electrons. The zero-order chi connectivity index (χ0) is 17.5. The summed E-state index contributed by atoms with van der Waals surface area (Å²) in [7, 11) is 0. The zero-order valence-electron chi connectivity index (χ0n) is 14.2. The van der Waals surface area contributed by atoms with E-state index in [0.29, 0.717) is 11.6 Å². The van der Waals surface area contributed by atoms with Crippen LogP contribution < -0.4 is 10.6 Å². The molecule has 3 rings (SSSR count). The Hall–Kier alpha value is -2.69. The molecule has 1 aromatic carbocycles. The number of nitrogens with zero attached hydrogens (tertiary/aromatic N) is 1. The van der Waals surface area contributed by atoms with Crippen LogP contribution >= 0.6 is 0 Å². The molecule has 1 aliphatic rings. The Morgan fingerprint density at radius 1 is 1.00 bits per heavy atom. The second-order valence-electron chi connectivity index (χ2n) is 6.51. The molecule has 2 N–H and O–H groups in total. The lowest BCUT2D eigenvalue weighted by molar-refractivity contribution is -0.137. The fourth-order valence-corrected chi connectivity index (χ4v) is 3.42. The molecule has 0 saturated heterocycles. The largest absolute Gasteiger partial charge is 0.345 e. The molecule has 25 heavy (non-hydrogen) atoms. The fraction of sp³-hybridized carbons (Fsp3) is 0.350. The van der Waals surface area contributed by atoms with Crippen LogP contribution in [0.15, 0.2) is 54.9 Å². The van der Waals surface area contributed by atoms with Crippen molar-refractivity contribution in [2.75, 3.05) is 5.32 Å².